The second-order valence-corrected chi connectivity index (χ2v) is 16.3. The van der Waals surface area contributed by atoms with E-state index in [1.54, 1.807) is 48.7 Å². The number of imide groups is 2. The van der Waals surface area contributed by atoms with Gasteiger partial charge >= 0.3 is 0 Å². The number of pyridine rings is 1. The van der Waals surface area contributed by atoms with Crippen molar-refractivity contribution in [3.8, 4) is 17.1 Å². The molecule has 5 aromatic rings. The van der Waals surface area contributed by atoms with E-state index in [9.17, 15) is 37.5 Å². The fraction of sp³-hybridized carbons (Fsp3) is 0.356. The third kappa shape index (κ3) is 9.66. The number of hydrogen-bond acceptors (Lipinski definition) is 14. The number of oxazole rings is 1. The van der Waals surface area contributed by atoms with Gasteiger partial charge in [0.15, 0.2) is 11.4 Å². The van der Waals surface area contributed by atoms with Crippen molar-refractivity contribution in [2.45, 2.75) is 38.2 Å². The molecule has 4 N–H and O–H groups in total. The summed E-state index contributed by atoms with van der Waals surface area (Å²) in [7, 11) is 0. The van der Waals surface area contributed by atoms with Gasteiger partial charge in [0.05, 0.1) is 41.9 Å². The number of halogens is 2. The van der Waals surface area contributed by atoms with Crippen LogP contribution in [0, 0.1) is 5.92 Å². The van der Waals surface area contributed by atoms with Gasteiger partial charge in [0.2, 0.25) is 17.7 Å². The Labute approximate surface area is 375 Å². The number of piperidine rings is 1. The smallest absolute Gasteiger partial charge is 0.284 e. The minimum atomic E-state index is -3.00. The number of anilines is 3. The van der Waals surface area contributed by atoms with Crippen molar-refractivity contribution in [1.29, 1.82) is 0 Å². The van der Waals surface area contributed by atoms with Crippen LogP contribution in [0.25, 0.3) is 17.1 Å². The summed E-state index contributed by atoms with van der Waals surface area (Å²) in [6, 6.07) is 13.7. The molecule has 1 unspecified atom stereocenters. The van der Waals surface area contributed by atoms with Crippen LogP contribution in [0.2, 0.25) is 0 Å². The van der Waals surface area contributed by atoms with Crippen LogP contribution in [0.5, 0.6) is 0 Å². The Kier molecular flexibility index (Phi) is 12.6. The van der Waals surface area contributed by atoms with Crippen LogP contribution in [0.4, 0.5) is 26.0 Å². The maximum absolute atomic E-state index is 14.1. The zero-order chi connectivity index (χ0) is 45.9. The van der Waals surface area contributed by atoms with Crippen LogP contribution in [0.1, 0.15) is 79.4 Å². The molecule has 3 fully saturated rings. The molecule has 1 aliphatic carbocycles. The van der Waals surface area contributed by atoms with E-state index in [0.717, 1.165) is 36.5 Å². The summed E-state index contributed by atoms with van der Waals surface area (Å²) in [5.41, 5.74) is 1.61. The van der Waals surface area contributed by atoms with Gasteiger partial charge in [-0.15, -0.1) is 0 Å². The van der Waals surface area contributed by atoms with Gasteiger partial charge in [0.1, 0.15) is 18.1 Å². The van der Waals surface area contributed by atoms with E-state index in [-0.39, 0.29) is 60.3 Å². The van der Waals surface area contributed by atoms with E-state index < -0.39 is 47.7 Å². The molecule has 19 nitrogen and oxygen atoms in total. The van der Waals surface area contributed by atoms with E-state index in [4.69, 9.17) is 9.15 Å². The number of rotatable bonds is 17. The van der Waals surface area contributed by atoms with Crippen molar-refractivity contribution in [3.63, 3.8) is 0 Å². The molecule has 21 heteroatoms. The van der Waals surface area contributed by atoms with Crippen LogP contribution in [-0.2, 0) is 14.3 Å². The molecular formula is C45H45F2N11O8. The van der Waals surface area contributed by atoms with Gasteiger partial charge in [-0.25, -0.2) is 23.4 Å². The van der Waals surface area contributed by atoms with Crippen molar-refractivity contribution >= 4 is 52.6 Å². The summed E-state index contributed by atoms with van der Waals surface area (Å²) in [5, 5.41) is 14.7. The number of nitrogens with zero attached hydrogens (tertiary/aromatic N) is 7. The largest absolute Gasteiger partial charge is 0.444 e. The molecule has 3 aromatic heterocycles. The number of piperazine rings is 1. The highest BCUT2D eigenvalue weighted by molar-refractivity contribution is 6.23. The first-order valence-corrected chi connectivity index (χ1v) is 21.6. The quantitative estimate of drug-likeness (QED) is 0.0768. The Bertz CT molecular complexity index is 2680. The molecule has 4 aliphatic rings. The molecule has 2 saturated heterocycles. The number of fused-ring (bicyclic) bond motifs is 1. The van der Waals surface area contributed by atoms with Gasteiger partial charge in [-0.1, -0.05) is 0 Å². The molecular weight excluding hydrogens is 861 g/mol. The number of alkyl halides is 2. The maximum atomic E-state index is 14.1. The third-order valence-corrected chi connectivity index (χ3v) is 11.8. The first-order chi connectivity index (χ1) is 32.0. The van der Waals surface area contributed by atoms with E-state index >= 15 is 0 Å². The molecule has 3 aliphatic heterocycles. The fourth-order valence-electron chi connectivity index (χ4n) is 7.99. The normalized spacial score (nSPS) is 17.6. The highest BCUT2D eigenvalue weighted by atomic mass is 19.3. The standard InChI is InChI=1S/C45H45F2N11O8/c46-39(47)38-33(51-41(61)34-25-66-43(52-34)28-11-12-48-36(21-28)50-23-26-1-2-26)24-57(54-38)29-5-3-27(4-6-29)40(60)49-13-19-65-20-18-55-14-16-56(17-15-55)30-7-8-31-32(22-30)45(64)58(44(31)63)35-9-10-37(59)53-42(35)62/h3-8,11-12,21-22,24-26,35,39H,1-2,9-10,13-20,23H2,(H,48,50)(H,49,60)(H,51,61)(H,53,59,62). The van der Waals surface area contributed by atoms with Crippen molar-refractivity contribution in [2.24, 2.45) is 5.92 Å². The number of amides is 6. The first kappa shape index (κ1) is 43.8. The van der Waals surface area contributed by atoms with Crippen LogP contribution in [-0.4, -0.2) is 130 Å². The van der Waals surface area contributed by atoms with Crippen LogP contribution in [0.15, 0.2) is 77.7 Å². The molecule has 9 rings (SSSR count). The zero-order valence-electron chi connectivity index (χ0n) is 35.5. The number of carbonyl (C=O) groups is 6. The lowest BCUT2D eigenvalue weighted by atomic mass is 10.0. The Hall–Kier alpha value is -7.39. The Morgan fingerprint density at radius 1 is 0.894 bits per heavy atom. The van der Waals surface area contributed by atoms with Gasteiger partial charge in [-0.05, 0) is 79.8 Å². The minimum absolute atomic E-state index is 0.0558. The Morgan fingerprint density at radius 3 is 2.42 bits per heavy atom. The number of benzene rings is 2. The minimum Gasteiger partial charge on any atom is -0.444 e. The van der Waals surface area contributed by atoms with E-state index in [2.05, 4.69) is 46.1 Å². The Balaban J connectivity index is 0.698. The van der Waals surface area contributed by atoms with Gasteiger partial charge in [0, 0.05) is 75.2 Å². The lowest BCUT2D eigenvalue weighted by molar-refractivity contribution is -0.136. The van der Waals surface area contributed by atoms with Crippen molar-refractivity contribution < 1.29 is 46.7 Å². The highest BCUT2D eigenvalue weighted by Gasteiger charge is 2.45. The molecule has 6 amide bonds. The van der Waals surface area contributed by atoms with E-state index in [1.165, 1.54) is 35.9 Å². The average molecular weight is 906 g/mol. The van der Waals surface area contributed by atoms with E-state index in [1.807, 2.05) is 0 Å². The Morgan fingerprint density at radius 2 is 1.67 bits per heavy atom. The zero-order valence-corrected chi connectivity index (χ0v) is 35.5. The maximum Gasteiger partial charge on any atom is 0.284 e. The number of nitrogens with one attached hydrogen (secondary N) is 4. The molecule has 1 saturated carbocycles. The number of carbonyl (C=O) groups excluding carboxylic acids is 6. The molecule has 1 atom stereocenters. The number of hydrogen-bond donors (Lipinski definition) is 4. The van der Waals surface area contributed by atoms with E-state index in [0.29, 0.717) is 54.8 Å². The summed E-state index contributed by atoms with van der Waals surface area (Å²) in [4.78, 5) is 90.2. The lowest BCUT2D eigenvalue weighted by Crippen LogP contribution is -2.54. The number of aromatic nitrogens is 4. The molecule has 0 radical (unpaired) electrons. The van der Waals surface area contributed by atoms with Crippen LogP contribution in [0.3, 0.4) is 0 Å². The van der Waals surface area contributed by atoms with Crippen molar-refractivity contribution in [2.75, 3.05) is 74.6 Å². The molecule has 0 bridgehead atoms. The molecule has 6 heterocycles. The predicted octanol–water partition coefficient (Wildman–Crippen LogP) is 3.90. The second kappa shape index (κ2) is 19.0. The molecule has 342 valence electrons. The summed E-state index contributed by atoms with van der Waals surface area (Å²) in [6.45, 7) is 5.27. The van der Waals surface area contributed by atoms with Gasteiger partial charge < -0.3 is 30.0 Å². The average Bonchev–Trinajstić information content (AvgIpc) is 3.73. The summed E-state index contributed by atoms with van der Waals surface area (Å²) in [6.07, 6.45) is 3.53. The SMILES string of the molecule is O=C1CCC(N2C(=O)c3ccc(N4CCN(CCOCCNC(=O)c5ccc(-n6cc(NC(=O)c7coc(-c8ccnc(NCC9CC9)c8)n7)c(C(F)F)n6)cc5)CC4)cc3C2=O)C(=O)N1. The van der Waals surface area contributed by atoms with Crippen LogP contribution >= 0.6 is 0 Å². The van der Waals surface area contributed by atoms with Crippen LogP contribution < -0.4 is 26.2 Å². The summed E-state index contributed by atoms with van der Waals surface area (Å²) >= 11 is 0. The van der Waals surface area contributed by atoms with Gasteiger partial charge in [-0.3, -0.25) is 43.9 Å². The first-order valence-electron chi connectivity index (χ1n) is 21.6. The summed E-state index contributed by atoms with van der Waals surface area (Å²) in [5.74, 6) is -1.81. The molecule has 2 aromatic carbocycles. The van der Waals surface area contributed by atoms with Gasteiger partial charge in [0.25, 0.3) is 30.1 Å². The topological polar surface area (TPSA) is 226 Å². The fourth-order valence-corrected chi connectivity index (χ4v) is 7.99. The lowest BCUT2D eigenvalue weighted by Gasteiger charge is -2.36. The predicted molar refractivity (Wildman–Crippen MR) is 232 cm³/mol. The van der Waals surface area contributed by atoms with Gasteiger partial charge in [-0.2, -0.15) is 5.10 Å². The highest BCUT2D eigenvalue weighted by Crippen LogP contribution is 2.32. The summed E-state index contributed by atoms with van der Waals surface area (Å²) < 4.78 is 40.6. The van der Waals surface area contributed by atoms with Crippen molar-refractivity contribution in [1.82, 2.24) is 40.2 Å². The van der Waals surface area contributed by atoms with Crippen molar-refractivity contribution in [3.05, 3.63) is 101 Å². The second-order valence-electron chi connectivity index (χ2n) is 16.3. The monoisotopic (exact) mass is 905 g/mol. The molecule has 0 spiro atoms. The molecule has 66 heavy (non-hydrogen) atoms. The number of ether oxygens (including phenoxy) is 1. The third-order valence-electron chi connectivity index (χ3n) is 11.8.